The lowest BCUT2D eigenvalue weighted by molar-refractivity contribution is -0.153. The largest absolute Gasteiger partial charge is 0.484 e. The summed E-state index contributed by atoms with van der Waals surface area (Å²) in [5.41, 5.74) is 1.24. The first-order valence-corrected chi connectivity index (χ1v) is 10.8. The lowest BCUT2D eigenvalue weighted by Gasteiger charge is -2.34. The van der Waals surface area contributed by atoms with Gasteiger partial charge in [0.2, 0.25) is 0 Å². The van der Waals surface area contributed by atoms with Gasteiger partial charge in [0.25, 0.3) is 5.82 Å². The Morgan fingerprint density at radius 3 is 2.54 bits per heavy atom. The van der Waals surface area contributed by atoms with Gasteiger partial charge in [0.05, 0.1) is 5.69 Å². The quantitative estimate of drug-likeness (QED) is 0.474. The van der Waals surface area contributed by atoms with Crippen molar-refractivity contribution in [1.82, 2.24) is 30.8 Å². The van der Waals surface area contributed by atoms with Gasteiger partial charge in [0.15, 0.2) is 6.61 Å². The molecule has 2 atom stereocenters. The molecule has 0 bridgehead atoms. The Morgan fingerprint density at radius 1 is 1.06 bits per heavy atom. The summed E-state index contributed by atoms with van der Waals surface area (Å²) in [4.78, 5) is 0. The molecule has 0 saturated carbocycles. The minimum atomic E-state index is -4.82. The Kier molecular flexibility index (Phi) is 7.26. The van der Waals surface area contributed by atoms with Crippen molar-refractivity contribution in [2.75, 3.05) is 13.2 Å². The van der Waals surface area contributed by atoms with Crippen LogP contribution in [0.4, 0.5) is 26.3 Å². The molecule has 4 rings (SSSR count). The van der Waals surface area contributed by atoms with E-state index >= 15 is 0 Å². The first-order valence-electron chi connectivity index (χ1n) is 10.8. The molecule has 3 aromatic rings. The van der Waals surface area contributed by atoms with Crippen LogP contribution in [0.15, 0.2) is 48.5 Å². The topological polar surface area (TPSA) is 76.9 Å². The van der Waals surface area contributed by atoms with Crippen LogP contribution in [-0.4, -0.2) is 45.6 Å². The molecule has 2 N–H and O–H groups in total. The summed E-state index contributed by atoms with van der Waals surface area (Å²) in [5, 5.41) is 16.3. The molecular formula is C22H22F6N6O. The maximum absolute atomic E-state index is 13.3. The molecule has 7 nitrogen and oxygen atoms in total. The van der Waals surface area contributed by atoms with Gasteiger partial charge in [-0.1, -0.05) is 30.3 Å². The van der Waals surface area contributed by atoms with Crippen molar-refractivity contribution < 1.29 is 31.1 Å². The van der Waals surface area contributed by atoms with Gasteiger partial charge >= 0.3 is 12.4 Å². The highest BCUT2D eigenvalue weighted by Crippen LogP contribution is 2.31. The lowest BCUT2D eigenvalue weighted by Crippen LogP contribution is -2.45. The van der Waals surface area contributed by atoms with Gasteiger partial charge < -0.3 is 15.4 Å². The van der Waals surface area contributed by atoms with Gasteiger partial charge in [-0.3, -0.25) is 0 Å². The van der Waals surface area contributed by atoms with Gasteiger partial charge in [0, 0.05) is 24.2 Å². The Labute approximate surface area is 196 Å². The van der Waals surface area contributed by atoms with Crippen LogP contribution in [-0.2, 0) is 12.7 Å². The Balaban J connectivity index is 1.61. The Bertz CT molecular complexity index is 1120. The van der Waals surface area contributed by atoms with Crippen LogP contribution >= 0.6 is 0 Å². The van der Waals surface area contributed by atoms with E-state index in [4.69, 9.17) is 4.74 Å². The number of aromatic nitrogens is 4. The first-order chi connectivity index (χ1) is 16.6. The molecule has 1 aromatic heterocycles. The molecule has 1 saturated heterocycles. The fourth-order valence-electron chi connectivity index (χ4n) is 4.03. The average molecular weight is 500 g/mol. The third-order valence-electron chi connectivity index (χ3n) is 5.57. The van der Waals surface area contributed by atoms with Crippen molar-refractivity contribution >= 4 is 0 Å². The molecule has 2 heterocycles. The third-order valence-corrected chi connectivity index (χ3v) is 5.57. The Hall–Kier alpha value is -3.19. The number of rotatable bonds is 7. The second kappa shape index (κ2) is 10.2. The smallest absolute Gasteiger partial charge is 0.453 e. The van der Waals surface area contributed by atoms with Crippen LogP contribution < -0.4 is 15.4 Å². The van der Waals surface area contributed by atoms with Crippen molar-refractivity contribution in [3.63, 3.8) is 0 Å². The van der Waals surface area contributed by atoms with Gasteiger partial charge in [-0.05, 0) is 53.6 Å². The number of hydrogen-bond donors (Lipinski definition) is 2. The van der Waals surface area contributed by atoms with Crippen molar-refractivity contribution in [3.8, 4) is 11.4 Å². The summed E-state index contributed by atoms with van der Waals surface area (Å²) in [7, 11) is 0. The summed E-state index contributed by atoms with van der Waals surface area (Å²) in [6, 6.07) is 13.2. The van der Waals surface area contributed by atoms with Gasteiger partial charge in [-0.25, -0.2) is 0 Å². The zero-order chi connectivity index (χ0) is 25.1. The number of piperidine rings is 1. The molecule has 0 amide bonds. The lowest BCUT2D eigenvalue weighted by atomic mass is 9.92. The molecule has 0 radical (unpaired) electrons. The van der Waals surface area contributed by atoms with E-state index in [1.54, 1.807) is 0 Å². The zero-order valence-electron chi connectivity index (χ0n) is 18.3. The maximum Gasteiger partial charge on any atom is 0.453 e. The summed E-state index contributed by atoms with van der Waals surface area (Å²) in [5.74, 6) is -1.44. The highest BCUT2D eigenvalue weighted by molar-refractivity contribution is 5.44. The molecule has 2 aromatic carbocycles. The Morgan fingerprint density at radius 2 is 1.83 bits per heavy atom. The van der Waals surface area contributed by atoms with E-state index in [2.05, 4.69) is 26.2 Å². The predicted octanol–water partition coefficient (Wildman–Crippen LogP) is 4.21. The van der Waals surface area contributed by atoms with Crippen LogP contribution in [0.5, 0.6) is 5.75 Å². The molecule has 1 fully saturated rings. The molecule has 1 aliphatic rings. The van der Waals surface area contributed by atoms with Crippen LogP contribution in [0.2, 0.25) is 0 Å². The van der Waals surface area contributed by atoms with E-state index in [1.165, 1.54) is 18.2 Å². The number of nitrogens with zero attached hydrogens (tertiary/aromatic N) is 4. The van der Waals surface area contributed by atoms with E-state index in [-0.39, 0.29) is 35.6 Å². The molecular weight excluding hydrogens is 478 g/mol. The van der Waals surface area contributed by atoms with Crippen LogP contribution in [0.3, 0.4) is 0 Å². The average Bonchev–Trinajstić information content (AvgIpc) is 3.33. The molecule has 0 aliphatic carbocycles. The number of tetrazole rings is 1. The minimum absolute atomic E-state index is 0.0379. The summed E-state index contributed by atoms with van der Waals surface area (Å²) < 4.78 is 83.5. The van der Waals surface area contributed by atoms with Gasteiger partial charge in [-0.15, -0.1) is 5.10 Å². The summed E-state index contributed by atoms with van der Waals surface area (Å²) in [6.07, 6.45) is -7.70. The molecule has 35 heavy (non-hydrogen) atoms. The standard InChI is InChI=1S/C22H22F6N6O/c23-21(24,25)13-35-18-9-8-16(34-20(22(26,27)28)31-32-33-34)11-15(18)12-30-17-7-4-10-29-19(17)14-5-2-1-3-6-14/h1-3,5-6,8-9,11,17,19,29-30H,4,7,10,12-13H2/t17-,19-/m0/s1. The highest BCUT2D eigenvalue weighted by Gasteiger charge is 2.38. The number of ether oxygens (including phenoxy) is 1. The normalized spacial score (nSPS) is 19.0. The minimum Gasteiger partial charge on any atom is -0.484 e. The van der Waals surface area contributed by atoms with Crippen molar-refractivity contribution in [2.24, 2.45) is 0 Å². The second-order valence-corrected chi connectivity index (χ2v) is 8.08. The number of nitrogens with one attached hydrogen (secondary N) is 2. The van der Waals surface area contributed by atoms with Gasteiger partial charge in [-0.2, -0.15) is 31.0 Å². The zero-order valence-corrected chi connectivity index (χ0v) is 18.3. The van der Waals surface area contributed by atoms with Gasteiger partial charge in [0.1, 0.15) is 5.75 Å². The maximum atomic E-state index is 13.3. The number of alkyl halides is 6. The third kappa shape index (κ3) is 6.28. The molecule has 188 valence electrons. The SMILES string of the molecule is FC(F)(F)COc1ccc(-n2nnnc2C(F)(F)F)cc1CN[C@H]1CCCN[C@H]1c1ccccc1. The predicted molar refractivity (Wildman–Crippen MR) is 113 cm³/mol. The fraction of sp³-hybridized carbons (Fsp3) is 0.409. The van der Waals surface area contributed by atoms with Crippen LogP contribution in [0.1, 0.15) is 35.8 Å². The van der Waals surface area contributed by atoms with E-state index in [1.807, 2.05) is 30.3 Å². The van der Waals surface area contributed by atoms with E-state index in [0.717, 1.165) is 24.9 Å². The number of halogens is 6. The monoisotopic (exact) mass is 500 g/mol. The van der Waals surface area contributed by atoms with Crippen LogP contribution in [0.25, 0.3) is 5.69 Å². The van der Waals surface area contributed by atoms with Crippen molar-refractivity contribution in [2.45, 2.75) is 43.8 Å². The summed E-state index contributed by atoms with van der Waals surface area (Å²) in [6.45, 7) is -0.664. The molecule has 0 unspecified atom stereocenters. The number of benzene rings is 2. The van der Waals surface area contributed by atoms with Crippen molar-refractivity contribution in [3.05, 3.63) is 65.5 Å². The number of hydrogen-bond acceptors (Lipinski definition) is 6. The first kappa shape index (κ1) is 24.9. The van der Waals surface area contributed by atoms with E-state index in [9.17, 15) is 26.3 Å². The van der Waals surface area contributed by atoms with Crippen molar-refractivity contribution in [1.29, 1.82) is 0 Å². The second-order valence-electron chi connectivity index (χ2n) is 8.08. The highest BCUT2D eigenvalue weighted by atomic mass is 19.4. The fourth-order valence-corrected chi connectivity index (χ4v) is 4.03. The molecule has 1 aliphatic heterocycles. The summed E-state index contributed by atoms with van der Waals surface area (Å²) >= 11 is 0. The molecule has 13 heteroatoms. The van der Waals surface area contributed by atoms with E-state index < -0.39 is 24.8 Å². The van der Waals surface area contributed by atoms with E-state index in [0.29, 0.717) is 4.68 Å². The molecule has 0 spiro atoms. The van der Waals surface area contributed by atoms with Crippen LogP contribution in [0, 0.1) is 0 Å².